The number of esters is 1. The van der Waals surface area contributed by atoms with Crippen LogP contribution in [0.4, 0.5) is 4.79 Å². The molecule has 142 valence electrons. The van der Waals surface area contributed by atoms with Crippen molar-refractivity contribution < 1.29 is 19.1 Å². The zero-order chi connectivity index (χ0) is 20.0. The van der Waals surface area contributed by atoms with Crippen molar-refractivity contribution in [2.45, 2.75) is 32.4 Å². The number of Topliss-reactive ketones (excluding diaryl/α,β-unsaturated/α-hetero) is 1. The van der Waals surface area contributed by atoms with Crippen molar-refractivity contribution in [3.05, 3.63) is 70.2 Å². The lowest BCUT2D eigenvalue weighted by molar-refractivity contribution is -0.146. The summed E-state index contributed by atoms with van der Waals surface area (Å²) in [5.74, 6) is -0.925. The minimum absolute atomic E-state index is 0.171. The minimum Gasteiger partial charge on any atom is -0.454 e. The number of carbonyl (C=O) groups is 3. The van der Waals surface area contributed by atoms with E-state index >= 15 is 0 Å². The first-order valence-corrected chi connectivity index (χ1v) is 8.76. The number of aryl methyl sites for hydroxylation is 1. The molecule has 7 heteroatoms. The van der Waals surface area contributed by atoms with Crippen LogP contribution in [0.5, 0.6) is 0 Å². The molecule has 0 saturated heterocycles. The zero-order valence-corrected chi connectivity index (χ0v) is 15.8. The van der Waals surface area contributed by atoms with E-state index < -0.39 is 24.1 Å². The Morgan fingerprint density at radius 2 is 1.67 bits per heavy atom. The van der Waals surface area contributed by atoms with Crippen LogP contribution in [0, 0.1) is 6.92 Å². The van der Waals surface area contributed by atoms with Crippen molar-refractivity contribution in [3.63, 3.8) is 0 Å². The smallest absolute Gasteiger partial charge is 0.312 e. The van der Waals surface area contributed by atoms with Crippen LogP contribution < -0.4 is 11.1 Å². The summed E-state index contributed by atoms with van der Waals surface area (Å²) in [6.07, 6.45) is -1.12. The number of hydrogen-bond donors (Lipinski definition) is 2. The number of primary amides is 1. The monoisotopic (exact) mass is 388 g/mol. The molecule has 0 radical (unpaired) electrons. The fourth-order valence-electron chi connectivity index (χ4n) is 2.54. The van der Waals surface area contributed by atoms with Crippen molar-refractivity contribution in [1.82, 2.24) is 5.32 Å². The van der Waals surface area contributed by atoms with Crippen molar-refractivity contribution in [2.24, 2.45) is 5.73 Å². The summed E-state index contributed by atoms with van der Waals surface area (Å²) in [5.41, 5.74) is 7.33. The molecule has 6 nitrogen and oxygen atoms in total. The number of ketones is 1. The van der Waals surface area contributed by atoms with Crippen molar-refractivity contribution >= 4 is 29.4 Å². The van der Waals surface area contributed by atoms with Gasteiger partial charge in [0.2, 0.25) is 5.78 Å². The Hall–Kier alpha value is -2.86. The Kier molecular flexibility index (Phi) is 6.96. The van der Waals surface area contributed by atoms with E-state index in [9.17, 15) is 14.4 Å². The van der Waals surface area contributed by atoms with Gasteiger partial charge in [0.1, 0.15) is 0 Å². The second kappa shape index (κ2) is 9.19. The summed E-state index contributed by atoms with van der Waals surface area (Å²) >= 11 is 5.86. The Morgan fingerprint density at radius 3 is 2.22 bits per heavy atom. The lowest BCUT2D eigenvalue weighted by Crippen LogP contribution is -2.35. The van der Waals surface area contributed by atoms with E-state index in [2.05, 4.69) is 5.32 Å². The number of amides is 2. The minimum atomic E-state index is -0.945. The number of urea groups is 1. The number of carbonyl (C=O) groups excluding carboxylic acids is 3. The second-order valence-electron chi connectivity index (χ2n) is 6.18. The first-order valence-electron chi connectivity index (χ1n) is 8.38. The molecular formula is C20H21ClN2O4. The van der Waals surface area contributed by atoms with E-state index in [-0.39, 0.29) is 12.2 Å². The van der Waals surface area contributed by atoms with Crippen LogP contribution in [0.15, 0.2) is 48.5 Å². The first-order chi connectivity index (χ1) is 12.8. The molecule has 0 aliphatic rings. The molecule has 0 fully saturated rings. The third-order valence-electron chi connectivity index (χ3n) is 3.97. The molecule has 0 saturated carbocycles. The predicted octanol–water partition coefficient (Wildman–Crippen LogP) is 3.56. The summed E-state index contributed by atoms with van der Waals surface area (Å²) in [5, 5.41) is 3.02. The number of nitrogens with two attached hydrogens (primary N) is 1. The summed E-state index contributed by atoms with van der Waals surface area (Å²) in [7, 11) is 0. The van der Waals surface area contributed by atoms with Crippen molar-refractivity contribution in [3.8, 4) is 0 Å². The highest BCUT2D eigenvalue weighted by atomic mass is 35.5. The standard InChI is InChI=1S/C20H21ClN2O4/c1-12-3-5-15(6-4-12)19(25)13(2)27-18(24)11-17(23-20(22)26)14-7-9-16(21)10-8-14/h3-10,13,17H,11H2,1-2H3,(H3,22,23,26). The maximum atomic E-state index is 12.4. The fourth-order valence-corrected chi connectivity index (χ4v) is 2.66. The molecule has 2 aromatic rings. The molecule has 2 aromatic carbocycles. The van der Waals surface area contributed by atoms with E-state index in [1.54, 1.807) is 36.4 Å². The van der Waals surface area contributed by atoms with Crippen LogP contribution in [0.25, 0.3) is 0 Å². The molecule has 0 bridgehead atoms. The highest BCUT2D eigenvalue weighted by Crippen LogP contribution is 2.20. The van der Waals surface area contributed by atoms with Gasteiger partial charge in [-0.05, 0) is 31.5 Å². The third-order valence-corrected chi connectivity index (χ3v) is 4.23. The van der Waals surface area contributed by atoms with E-state index in [1.165, 1.54) is 6.92 Å². The first kappa shape index (κ1) is 20.5. The van der Waals surface area contributed by atoms with Gasteiger partial charge in [-0.2, -0.15) is 0 Å². The molecular weight excluding hydrogens is 368 g/mol. The van der Waals surface area contributed by atoms with E-state index in [0.29, 0.717) is 16.1 Å². The normalized spacial score (nSPS) is 12.7. The summed E-state index contributed by atoms with van der Waals surface area (Å²) < 4.78 is 5.25. The maximum absolute atomic E-state index is 12.4. The summed E-state index contributed by atoms with van der Waals surface area (Å²) in [6, 6.07) is 12.2. The van der Waals surface area contributed by atoms with Gasteiger partial charge >= 0.3 is 12.0 Å². The molecule has 0 heterocycles. The van der Waals surface area contributed by atoms with E-state index in [1.807, 2.05) is 19.1 Å². The number of hydrogen-bond acceptors (Lipinski definition) is 4. The van der Waals surface area contributed by atoms with Crippen molar-refractivity contribution in [1.29, 1.82) is 0 Å². The highest BCUT2D eigenvalue weighted by Gasteiger charge is 2.23. The number of halogens is 1. The predicted molar refractivity (Wildman–Crippen MR) is 103 cm³/mol. The van der Waals surface area contributed by atoms with Crippen molar-refractivity contribution in [2.75, 3.05) is 0 Å². The summed E-state index contributed by atoms with van der Waals surface area (Å²) in [4.78, 5) is 35.9. The number of nitrogens with one attached hydrogen (secondary N) is 1. The topological polar surface area (TPSA) is 98.5 Å². The van der Waals surface area contributed by atoms with Crippen LogP contribution in [-0.2, 0) is 9.53 Å². The molecule has 2 amide bonds. The molecule has 0 aromatic heterocycles. The Morgan fingerprint density at radius 1 is 1.07 bits per heavy atom. The van der Waals surface area contributed by atoms with Gasteiger partial charge in [0, 0.05) is 10.6 Å². The maximum Gasteiger partial charge on any atom is 0.312 e. The largest absolute Gasteiger partial charge is 0.454 e. The molecule has 2 rings (SSSR count). The van der Waals surface area contributed by atoms with Gasteiger partial charge in [-0.15, -0.1) is 0 Å². The Balaban J connectivity index is 2.03. The van der Waals surface area contributed by atoms with Gasteiger partial charge in [0.15, 0.2) is 6.10 Å². The van der Waals surface area contributed by atoms with E-state index in [0.717, 1.165) is 5.56 Å². The number of rotatable bonds is 7. The molecule has 0 aliphatic heterocycles. The Labute approximate surface area is 162 Å². The van der Waals surface area contributed by atoms with Gasteiger partial charge in [-0.3, -0.25) is 9.59 Å². The van der Waals surface area contributed by atoms with Crippen LogP contribution >= 0.6 is 11.6 Å². The average molecular weight is 389 g/mol. The molecule has 2 unspecified atom stereocenters. The molecule has 0 aliphatic carbocycles. The van der Waals surface area contributed by atoms with Gasteiger partial charge in [0.05, 0.1) is 12.5 Å². The SMILES string of the molecule is Cc1ccc(C(=O)C(C)OC(=O)CC(NC(N)=O)c2ccc(Cl)cc2)cc1. The lowest BCUT2D eigenvalue weighted by Gasteiger charge is -2.19. The molecule has 0 spiro atoms. The molecule has 2 atom stereocenters. The number of ether oxygens (including phenoxy) is 1. The highest BCUT2D eigenvalue weighted by molar-refractivity contribution is 6.30. The average Bonchev–Trinajstić information content (AvgIpc) is 2.61. The lowest BCUT2D eigenvalue weighted by atomic mass is 10.0. The quantitative estimate of drug-likeness (QED) is 0.559. The van der Waals surface area contributed by atoms with Crippen LogP contribution in [-0.4, -0.2) is 23.9 Å². The summed E-state index contributed by atoms with van der Waals surface area (Å²) in [6.45, 7) is 3.43. The van der Waals surface area contributed by atoms with Crippen LogP contribution in [0.1, 0.15) is 40.9 Å². The van der Waals surface area contributed by atoms with Crippen LogP contribution in [0.2, 0.25) is 5.02 Å². The third kappa shape index (κ3) is 6.11. The zero-order valence-electron chi connectivity index (χ0n) is 15.1. The fraction of sp³-hybridized carbons (Fsp3) is 0.250. The number of benzene rings is 2. The molecule has 27 heavy (non-hydrogen) atoms. The Bertz CT molecular complexity index is 819. The van der Waals surface area contributed by atoms with Gasteiger partial charge in [0.25, 0.3) is 0 Å². The second-order valence-corrected chi connectivity index (χ2v) is 6.62. The van der Waals surface area contributed by atoms with Gasteiger partial charge < -0.3 is 15.8 Å². The molecule has 3 N–H and O–H groups in total. The van der Waals surface area contributed by atoms with E-state index in [4.69, 9.17) is 22.1 Å². The van der Waals surface area contributed by atoms with Crippen LogP contribution in [0.3, 0.4) is 0 Å². The van der Waals surface area contributed by atoms with Gasteiger partial charge in [-0.1, -0.05) is 53.6 Å². The van der Waals surface area contributed by atoms with Gasteiger partial charge in [-0.25, -0.2) is 4.79 Å².